The highest BCUT2D eigenvalue weighted by Crippen LogP contribution is 2.26. The summed E-state index contributed by atoms with van der Waals surface area (Å²) >= 11 is 0. The molecule has 1 aromatic rings. The lowest BCUT2D eigenvalue weighted by Crippen LogP contribution is -2.47. The number of benzene rings is 1. The summed E-state index contributed by atoms with van der Waals surface area (Å²) < 4.78 is 4.91. The Kier molecular flexibility index (Phi) is 4.29. The topological polar surface area (TPSA) is 38.3 Å². The quantitative estimate of drug-likeness (QED) is 0.814. The average Bonchev–Trinajstić information content (AvgIpc) is 2.27. The predicted octanol–water partition coefficient (Wildman–Crippen LogP) is 2.30. The first-order valence-corrected chi connectivity index (χ1v) is 5.87. The summed E-state index contributed by atoms with van der Waals surface area (Å²) in [5, 5.41) is 3.21. The van der Waals surface area contributed by atoms with E-state index in [9.17, 15) is 4.79 Å². The van der Waals surface area contributed by atoms with Gasteiger partial charge in [-0.3, -0.25) is 5.32 Å². The molecule has 0 radical (unpaired) electrons. The largest absolute Gasteiger partial charge is 0.467 e. The fourth-order valence-electron chi connectivity index (χ4n) is 2.21. The molecule has 0 saturated heterocycles. The Hall–Kier alpha value is -1.35. The molecule has 1 aromatic carbocycles. The van der Waals surface area contributed by atoms with Gasteiger partial charge in [0.25, 0.3) is 0 Å². The highest BCUT2D eigenvalue weighted by atomic mass is 16.5. The Morgan fingerprint density at radius 1 is 1.41 bits per heavy atom. The van der Waals surface area contributed by atoms with Crippen molar-refractivity contribution in [1.29, 1.82) is 0 Å². The minimum atomic E-state index is -0.777. The number of hydrogen-bond donors (Lipinski definition) is 1. The first kappa shape index (κ1) is 13.7. The third-order valence-electron chi connectivity index (χ3n) is 3.04. The van der Waals surface area contributed by atoms with Crippen molar-refractivity contribution in [2.24, 2.45) is 0 Å². The Labute approximate surface area is 103 Å². The number of rotatable bonds is 4. The van der Waals surface area contributed by atoms with Gasteiger partial charge in [-0.25, -0.2) is 4.79 Å². The first-order chi connectivity index (χ1) is 7.95. The van der Waals surface area contributed by atoms with Crippen LogP contribution in [0.4, 0.5) is 0 Å². The second-order valence-electron chi connectivity index (χ2n) is 4.47. The van der Waals surface area contributed by atoms with Crippen molar-refractivity contribution in [3.05, 3.63) is 34.9 Å². The average molecular weight is 235 g/mol. The SMILES string of the molecule is CCNC(C)(C(=O)OC)c1ccc(C)cc1C. The maximum atomic E-state index is 12.0. The number of aryl methyl sites for hydroxylation is 2. The molecule has 1 rings (SSSR count). The number of nitrogens with one attached hydrogen (secondary N) is 1. The fraction of sp³-hybridized carbons (Fsp3) is 0.500. The number of ether oxygens (including phenoxy) is 1. The van der Waals surface area contributed by atoms with Crippen molar-refractivity contribution in [1.82, 2.24) is 5.32 Å². The summed E-state index contributed by atoms with van der Waals surface area (Å²) in [4.78, 5) is 12.0. The molecule has 3 nitrogen and oxygen atoms in total. The van der Waals surface area contributed by atoms with E-state index in [1.807, 2.05) is 39.8 Å². The standard InChI is InChI=1S/C14H21NO2/c1-6-15-14(4,13(16)17-5)12-8-7-10(2)9-11(12)3/h7-9,15H,6H2,1-5H3. The predicted molar refractivity (Wildman–Crippen MR) is 69.0 cm³/mol. The van der Waals surface area contributed by atoms with E-state index in [0.29, 0.717) is 6.54 Å². The lowest BCUT2D eigenvalue weighted by atomic mass is 9.87. The zero-order valence-corrected chi connectivity index (χ0v) is 11.3. The fourth-order valence-corrected chi connectivity index (χ4v) is 2.21. The first-order valence-electron chi connectivity index (χ1n) is 5.87. The van der Waals surface area contributed by atoms with Crippen LogP contribution in [0.2, 0.25) is 0 Å². The second-order valence-corrected chi connectivity index (χ2v) is 4.47. The Balaban J connectivity index is 3.26. The minimum Gasteiger partial charge on any atom is -0.467 e. The molecule has 1 N–H and O–H groups in total. The molecular formula is C14H21NO2. The van der Waals surface area contributed by atoms with E-state index in [-0.39, 0.29) is 5.97 Å². The van der Waals surface area contributed by atoms with E-state index < -0.39 is 5.54 Å². The van der Waals surface area contributed by atoms with E-state index >= 15 is 0 Å². The third kappa shape index (κ3) is 2.67. The number of carbonyl (C=O) groups excluding carboxylic acids is 1. The van der Waals surface area contributed by atoms with Gasteiger partial charge in [0.2, 0.25) is 0 Å². The van der Waals surface area contributed by atoms with Gasteiger partial charge in [0, 0.05) is 0 Å². The molecule has 0 aromatic heterocycles. The highest BCUT2D eigenvalue weighted by molar-refractivity contribution is 5.82. The number of carbonyl (C=O) groups is 1. The van der Waals surface area contributed by atoms with Gasteiger partial charge in [-0.15, -0.1) is 0 Å². The molecular weight excluding hydrogens is 214 g/mol. The Morgan fingerprint density at radius 3 is 2.53 bits per heavy atom. The van der Waals surface area contributed by atoms with Crippen LogP contribution in [0.5, 0.6) is 0 Å². The molecule has 3 heteroatoms. The van der Waals surface area contributed by atoms with Gasteiger partial charge in [0.1, 0.15) is 5.54 Å². The van der Waals surface area contributed by atoms with E-state index in [4.69, 9.17) is 4.74 Å². The lowest BCUT2D eigenvalue weighted by Gasteiger charge is -2.29. The maximum Gasteiger partial charge on any atom is 0.330 e. The molecule has 0 amide bonds. The van der Waals surface area contributed by atoms with E-state index in [1.165, 1.54) is 12.7 Å². The van der Waals surface area contributed by atoms with Crippen molar-refractivity contribution in [2.75, 3.05) is 13.7 Å². The molecule has 0 aliphatic carbocycles. The number of methoxy groups -OCH3 is 1. The summed E-state index contributed by atoms with van der Waals surface area (Å²) in [6, 6.07) is 6.08. The van der Waals surface area contributed by atoms with Crippen molar-refractivity contribution in [3.63, 3.8) is 0 Å². The van der Waals surface area contributed by atoms with Gasteiger partial charge in [-0.2, -0.15) is 0 Å². The summed E-state index contributed by atoms with van der Waals surface area (Å²) in [5.41, 5.74) is 2.48. The number of hydrogen-bond acceptors (Lipinski definition) is 3. The maximum absolute atomic E-state index is 12.0. The van der Waals surface area contributed by atoms with Crippen LogP contribution < -0.4 is 5.32 Å². The van der Waals surface area contributed by atoms with Gasteiger partial charge < -0.3 is 4.74 Å². The van der Waals surface area contributed by atoms with Crippen LogP contribution >= 0.6 is 0 Å². The Morgan fingerprint density at radius 2 is 2.06 bits per heavy atom. The van der Waals surface area contributed by atoms with Crippen LogP contribution in [0.1, 0.15) is 30.5 Å². The van der Waals surface area contributed by atoms with E-state index in [2.05, 4.69) is 11.4 Å². The zero-order chi connectivity index (χ0) is 13.1. The van der Waals surface area contributed by atoms with Crippen molar-refractivity contribution >= 4 is 5.97 Å². The van der Waals surface area contributed by atoms with Crippen LogP contribution in [0.15, 0.2) is 18.2 Å². The molecule has 0 saturated carbocycles. The molecule has 94 valence electrons. The molecule has 0 bridgehead atoms. The van der Waals surface area contributed by atoms with Crippen molar-refractivity contribution in [2.45, 2.75) is 33.2 Å². The molecule has 0 aliphatic heterocycles. The normalized spacial score (nSPS) is 14.2. The van der Waals surface area contributed by atoms with Gasteiger partial charge >= 0.3 is 5.97 Å². The molecule has 1 unspecified atom stereocenters. The molecule has 17 heavy (non-hydrogen) atoms. The highest BCUT2D eigenvalue weighted by Gasteiger charge is 2.36. The molecule has 0 aliphatic rings. The summed E-state index contributed by atoms with van der Waals surface area (Å²) in [6.07, 6.45) is 0. The summed E-state index contributed by atoms with van der Waals surface area (Å²) in [5.74, 6) is -0.258. The number of likely N-dealkylation sites (N-methyl/N-ethyl adjacent to an activating group) is 1. The molecule has 1 atom stereocenters. The minimum absolute atomic E-state index is 0.258. The smallest absolute Gasteiger partial charge is 0.330 e. The molecule has 0 spiro atoms. The van der Waals surface area contributed by atoms with Gasteiger partial charge in [-0.1, -0.05) is 30.7 Å². The molecule has 0 fully saturated rings. The third-order valence-corrected chi connectivity index (χ3v) is 3.04. The zero-order valence-electron chi connectivity index (χ0n) is 11.3. The summed E-state index contributed by atoms with van der Waals surface area (Å²) in [6.45, 7) is 8.60. The molecule has 0 heterocycles. The van der Waals surface area contributed by atoms with Crippen LogP contribution in [0.25, 0.3) is 0 Å². The second kappa shape index (κ2) is 5.32. The van der Waals surface area contributed by atoms with E-state index in [0.717, 1.165) is 11.1 Å². The van der Waals surface area contributed by atoms with Gasteiger partial charge in [0.15, 0.2) is 0 Å². The summed E-state index contributed by atoms with van der Waals surface area (Å²) in [7, 11) is 1.42. The van der Waals surface area contributed by atoms with Crippen molar-refractivity contribution < 1.29 is 9.53 Å². The van der Waals surface area contributed by atoms with Crippen LogP contribution in [0.3, 0.4) is 0 Å². The van der Waals surface area contributed by atoms with Crippen LogP contribution in [-0.4, -0.2) is 19.6 Å². The monoisotopic (exact) mass is 235 g/mol. The number of esters is 1. The Bertz CT molecular complexity index is 415. The van der Waals surface area contributed by atoms with Gasteiger partial charge in [-0.05, 0) is 38.4 Å². The van der Waals surface area contributed by atoms with Crippen molar-refractivity contribution in [3.8, 4) is 0 Å². The van der Waals surface area contributed by atoms with E-state index in [1.54, 1.807) is 0 Å². The van der Waals surface area contributed by atoms with Gasteiger partial charge in [0.05, 0.1) is 7.11 Å². The van der Waals surface area contributed by atoms with Crippen LogP contribution in [0, 0.1) is 13.8 Å². The van der Waals surface area contributed by atoms with Crippen LogP contribution in [-0.2, 0) is 15.1 Å². The lowest BCUT2D eigenvalue weighted by molar-refractivity contribution is -0.148.